The highest BCUT2D eigenvalue weighted by Gasteiger charge is 2.06. The number of rotatable bonds is 7. The number of hydrogen-bond acceptors (Lipinski definition) is 1. The number of hydrogen-bond donors (Lipinski definition) is 1. The smallest absolute Gasteiger partial charge is 0.0612 e. The van der Waals surface area contributed by atoms with E-state index in [0.29, 0.717) is 10.0 Å². The van der Waals surface area contributed by atoms with Crippen LogP contribution in [0.1, 0.15) is 39.5 Å². The molecule has 0 aromatic heterocycles. The van der Waals surface area contributed by atoms with Crippen LogP contribution in [0.25, 0.3) is 0 Å². The van der Waals surface area contributed by atoms with Gasteiger partial charge in [-0.1, -0.05) is 56.3 Å². The van der Waals surface area contributed by atoms with Crippen molar-refractivity contribution in [2.24, 2.45) is 5.92 Å². The van der Waals surface area contributed by atoms with Gasteiger partial charge in [0.1, 0.15) is 0 Å². The third kappa shape index (κ3) is 5.18. The molecule has 96 valence electrons. The molecule has 0 saturated heterocycles. The lowest BCUT2D eigenvalue weighted by atomic mass is 9.99. The molecule has 0 aliphatic heterocycles. The molecule has 0 heterocycles. The number of nitrogens with one attached hydrogen (secondary N) is 1. The van der Waals surface area contributed by atoms with E-state index in [0.717, 1.165) is 18.2 Å². The van der Waals surface area contributed by atoms with Crippen LogP contribution in [-0.2, 0) is 0 Å². The fourth-order valence-electron chi connectivity index (χ4n) is 1.81. The highest BCUT2D eigenvalue weighted by Crippen LogP contribution is 2.25. The van der Waals surface area contributed by atoms with Crippen LogP contribution in [0.5, 0.6) is 0 Å². The molecule has 1 atom stereocenters. The first-order valence-corrected chi connectivity index (χ1v) is 7.11. The van der Waals surface area contributed by atoms with Gasteiger partial charge >= 0.3 is 0 Å². The maximum atomic E-state index is 5.97. The zero-order chi connectivity index (χ0) is 12.7. The third-order valence-electron chi connectivity index (χ3n) is 3.06. The van der Waals surface area contributed by atoms with Gasteiger partial charge in [0.2, 0.25) is 0 Å². The van der Waals surface area contributed by atoms with E-state index in [1.54, 1.807) is 0 Å². The van der Waals surface area contributed by atoms with Crippen LogP contribution in [0.2, 0.25) is 10.0 Å². The minimum absolute atomic E-state index is 0.607. The molecule has 17 heavy (non-hydrogen) atoms. The van der Waals surface area contributed by atoms with E-state index < -0.39 is 0 Å². The summed E-state index contributed by atoms with van der Waals surface area (Å²) in [4.78, 5) is 0. The summed E-state index contributed by atoms with van der Waals surface area (Å²) >= 11 is 11.9. The summed E-state index contributed by atoms with van der Waals surface area (Å²) < 4.78 is 0. The Hall–Kier alpha value is -0.400. The lowest BCUT2D eigenvalue weighted by Crippen LogP contribution is -2.13. The van der Waals surface area contributed by atoms with Crippen molar-refractivity contribution >= 4 is 28.9 Å². The van der Waals surface area contributed by atoms with Crippen molar-refractivity contribution in [1.82, 2.24) is 0 Å². The van der Waals surface area contributed by atoms with Gasteiger partial charge in [-0.25, -0.2) is 0 Å². The summed E-state index contributed by atoms with van der Waals surface area (Å²) in [5.74, 6) is 0.740. The van der Waals surface area contributed by atoms with Crippen molar-refractivity contribution in [2.75, 3.05) is 11.9 Å². The van der Waals surface area contributed by atoms with E-state index >= 15 is 0 Å². The van der Waals surface area contributed by atoms with Crippen LogP contribution in [0.15, 0.2) is 18.2 Å². The first kappa shape index (κ1) is 14.7. The quantitative estimate of drug-likeness (QED) is 0.680. The highest BCUT2D eigenvalue weighted by atomic mass is 35.5. The lowest BCUT2D eigenvalue weighted by Gasteiger charge is -2.16. The fourth-order valence-corrected chi connectivity index (χ4v) is 2.11. The molecule has 1 nitrogen and oxygen atoms in total. The van der Waals surface area contributed by atoms with Gasteiger partial charge in [-0.05, 0) is 30.5 Å². The largest absolute Gasteiger partial charge is 0.385 e. The SMILES string of the molecule is CCCCC(CC)CNc1ccc(Cl)c(Cl)c1. The molecule has 0 aliphatic carbocycles. The molecule has 0 radical (unpaired) electrons. The average Bonchev–Trinajstić information content (AvgIpc) is 2.34. The molecular formula is C14H21Cl2N. The average molecular weight is 274 g/mol. The predicted molar refractivity (Wildman–Crippen MR) is 78.3 cm³/mol. The Kier molecular flexibility index (Phi) is 6.76. The summed E-state index contributed by atoms with van der Waals surface area (Å²) in [6, 6.07) is 5.69. The van der Waals surface area contributed by atoms with E-state index in [1.807, 2.05) is 18.2 Å². The molecule has 1 unspecified atom stereocenters. The summed E-state index contributed by atoms with van der Waals surface area (Å²) in [6.07, 6.45) is 5.08. The van der Waals surface area contributed by atoms with Gasteiger partial charge in [-0.3, -0.25) is 0 Å². The minimum atomic E-state index is 0.607. The Balaban J connectivity index is 2.45. The summed E-state index contributed by atoms with van der Waals surface area (Å²) in [5.41, 5.74) is 1.05. The van der Waals surface area contributed by atoms with Crippen molar-refractivity contribution in [1.29, 1.82) is 0 Å². The van der Waals surface area contributed by atoms with Crippen molar-refractivity contribution in [3.8, 4) is 0 Å². The van der Waals surface area contributed by atoms with E-state index in [4.69, 9.17) is 23.2 Å². The van der Waals surface area contributed by atoms with Gasteiger partial charge in [-0.15, -0.1) is 0 Å². The van der Waals surface area contributed by atoms with Crippen molar-refractivity contribution in [2.45, 2.75) is 39.5 Å². The summed E-state index contributed by atoms with van der Waals surface area (Å²) in [5, 5.41) is 4.65. The first-order chi connectivity index (χ1) is 8.17. The molecule has 1 N–H and O–H groups in total. The second kappa shape index (κ2) is 7.84. The standard InChI is InChI=1S/C14H21Cl2N/c1-3-5-6-11(4-2)10-17-12-7-8-13(15)14(16)9-12/h7-9,11,17H,3-6,10H2,1-2H3. The monoisotopic (exact) mass is 273 g/mol. The van der Waals surface area contributed by atoms with Gasteiger partial charge in [0, 0.05) is 12.2 Å². The molecule has 3 heteroatoms. The maximum absolute atomic E-state index is 5.97. The van der Waals surface area contributed by atoms with Gasteiger partial charge in [0.15, 0.2) is 0 Å². The normalized spacial score (nSPS) is 12.5. The molecule has 0 aliphatic rings. The van der Waals surface area contributed by atoms with Crippen LogP contribution in [0.3, 0.4) is 0 Å². The fraction of sp³-hybridized carbons (Fsp3) is 0.571. The van der Waals surface area contributed by atoms with Crippen LogP contribution in [0.4, 0.5) is 5.69 Å². The Morgan fingerprint density at radius 1 is 1.18 bits per heavy atom. The zero-order valence-corrected chi connectivity index (χ0v) is 12.1. The predicted octanol–water partition coefficient (Wildman–Crippen LogP) is 5.62. The second-order valence-corrected chi connectivity index (χ2v) is 5.24. The van der Waals surface area contributed by atoms with E-state index in [9.17, 15) is 0 Å². The van der Waals surface area contributed by atoms with Gasteiger partial charge in [0.05, 0.1) is 10.0 Å². The van der Waals surface area contributed by atoms with Crippen LogP contribution in [-0.4, -0.2) is 6.54 Å². The number of anilines is 1. The van der Waals surface area contributed by atoms with Crippen molar-refractivity contribution in [3.63, 3.8) is 0 Å². The molecule has 1 aromatic carbocycles. The maximum Gasteiger partial charge on any atom is 0.0612 e. The molecule has 0 bridgehead atoms. The molecule has 0 saturated carbocycles. The topological polar surface area (TPSA) is 12.0 Å². The zero-order valence-electron chi connectivity index (χ0n) is 10.6. The van der Waals surface area contributed by atoms with Gasteiger partial charge in [-0.2, -0.15) is 0 Å². The Morgan fingerprint density at radius 3 is 2.53 bits per heavy atom. The third-order valence-corrected chi connectivity index (χ3v) is 3.80. The number of benzene rings is 1. The first-order valence-electron chi connectivity index (χ1n) is 6.36. The van der Waals surface area contributed by atoms with Crippen LogP contribution >= 0.6 is 23.2 Å². The van der Waals surface area contributed by atoms with E-state index in [2.05, 4.69) is 19.2 Å². The molecule has 1 rings (SSSR count). The molecule has 0 fully saturated rings. The Bertz CT molecular complexity index is 339. The van der Waals surface area contributed by atoms with E-state index in [1.165, 1.54) is 25.7 Å². The number of unbranched alkanes of at least 4 members (excludes halogenated alkanes) is 1. The second-order valence-electron chi connectivity index (χ2n) is 4.43. The molecule has 0 spiro atoms. The Morgan fingerprint density at radius 2 is 1.94 bits per heavy atom. The van der Waals surface area contributed by atoms with Crippen LogP contribution in [0, 0.1) is 5.92 Å². The van der Waals surface area contributed by atoms with Gasteiger partial charge in [0.25, 0.3) is 0 Å². The minimum Gasteiger partial charge on any atom is -0.385 e. The Labute approximate surface area is 115 Å². The van der Waals surface area contributed by atoms with Gasteiger partial charge < -0.3 is 5.32 Å². The molecule has 1 aromatic rings. The highest BCUT2D eigenvalue weighted by molar-refractivity contribution is 6.42. The van der Waals surface area contributed by atoms with Crippen molar-refractivity contribution in [3.05, 3.63) is 28.2 Å². The number of halogens is 2. The summed E-state index contributed by atoms with van der Waals surface area (Å²) in [6.45, 7) is 5.49. The molecule has 0 amide bonds. The van der Waals surface area contributed by atoms with Crippen molar-refractivity contribution < 1.29 is 0 Å². The molecular weight excluding hydrogens is 253 g/mol. The lowest BCUT2D eigenvalue weighted by molar-refractivity contribution is 0.473. The van der Waals surface area contributed by atoms with Crippen LogP contribution < -0.4 is 5.32 Å². The van der Waals surface area contributed by atoms with E-state index in [-0.39, 0.29) is 0 Å². The summed E-state index contributed by atoms with van der Waals surface area (Å²) in [7, 11) is 0.